The highest BCUT2D eigenvalue weighted by Crippen LogP contribution is 2.26. The van der Waals surface area contributed by atoms with Gasteiger partial charge in [0, 0.05) is 23.1 Å². The van der Waals surface area contributed by atoms with Crippen molar-refractivity contribution >= 4 is 21.9 Å². The second-order valence-electron chi connectivity index (χ2n) is 7.25. The van der Waals surface area contributed by atoms with E-state index in [-0.39, 0.29) is 5.97 Å². The number of carbonyl (C=O) groups is 1. The molecule has 31 heavy (non-hydrogen) atoms. The minimum absolute atomic E-state index is 0.282. The number of hydrogen-bond acceptors (Lipinski definition) is 4. The number of benzene rings is 3. The molecule has 0 bridgehead atoms. The summed E-state index contributed by atoms with van der Waals surface area (Å²) in [5.74, 6) is 0.610. The van der Waals surface area contributed by atoms with E-state index in [0.29, 0.717) is 18.8 Å². The van der Waals surface area contributed by atoms with Crippen LogP contribution >= 0.6 is 15.9 Å². The van der Waals surface area contributed by atoms with E-state index in [1.807, 2.05) is 61.5 Å². The molecule has 3 rings (SSSR count). The van der Waals surface area contributed by atoms with Gasteiger partial charge in [-0.05, 0) is 54.9 Å². The van der Waals surface area contributed by atoms with Crippen molar-refractivity contribution in [3.8, 4) is 5.75 Å². The van der Waals surface area contributed by atoms with E-state index >= 15 is 0 Å². The first-order valence-electron chi connectivity index (χ1n) is 10.5. The van der Waals surface area contributed by atoms with Crippen LogP contribution in [0.5, 0.6) is 5.75 Å². The van der Waals surface area contributed by atoms with Crippen LogP contribution in [0.25, 0.3) is 0 Å². The summed E-state index contributed by atoms with van der Waals surface area (Å²) in [6, 6.07) is 24.0. The molecule has 0 unspecified atom stereocenters. The molecular weight excluding hydrogens is 454 g/mol. The van der Waals surface area contributed by atoms with Crippen LogP contribution in [-0.2, 0) is 24.4 Å². The van der Waals surface area contributed by atoms with Crippen LogP contribution in [0.3, 0.4) is 0 Å². The lowest BCUT2D eigenvalue weighted by Crippen LogP contribution is -2.22. The van der Waals surface area contributed by atoms with Gasteiger partial charge in [-0.15, -0.1) is 0 Å². The zero-order valence-corrected chi connectivity index (χ0v) is 19.6. The Morgan fingerprint density at radius 1 is 0.903 bits per heavy atom. The molecule has 4 nitrogen and oxygen atoms in total. The maximum Gasteiger partial charge on any atom is 0.338 e. The van der Waals surface area contributed by atoms with Gasteiger partial charge in [-0.3, -0.25) is 4.90 Å². The molecule has 0 heterocycles. The minimum atomic E-state index is -0.282. The molecule has 3 aromatic carbocycles. The lowest BCUT2D eigenvalue weighted by molar-refractivity contribution is 0.0526. The SMILES string of the molecule is CCOC(=O)c1ccc(CN(CC)Cc2cc(Br)ccc2OCc2ccccc2)cc1. The van der Waals surface area contributed by atoms with Crippen molar-refractivity contribution in [3.05, 3.63) is 99.5 Å². The summed E-state index contributed by atoms with van der Waals surface area (Å²) in [6.07, 6.45) is 0. The van der Waals surface area contributed by atoms with Crippen molar-refractivity contribution in [3.63, 3.8) is 0 Å². The molecule has 5 heteroatoms. The number of ether oxygens (including phenoxy) is 2. The summed E-state index contributed by atoms with van der Waals surface area (Å²) in [6.45, 7) is 7.32. The number of hydrogen-bond donors (Lipinski definition) is 0. The number of rotatable bonds is 10. The number of halogens is 1. The summed E-state index contributed by atoms with van der Waals surface area (Å²) in [4.78, 5) is 14.2. The maximum absolute atomic E-state index is 11.9. The van der Waals surface area contributed by atoms with Crippen molar-refractivity contribution < 1.29 is 14.3 Å². The van der Waals surface area contributed by atoms with Crippen LogP contribution in [0.2, 0.25) is 0 Å². The van der Waals surface area contributed by atoms with E-state index < -0.39 is 0 Å². The smallest absolute Gasteiger partial charge is 0.338 e. The topological polar surface area (TPSA) is 38.8 Å². The quantitative estimate of drug-likeness (QED) is 0.322. The second kappa shape index (κ2) is 11.7. The lowest BCUT2D eigenvalue weighted by atomic mass is 10.1. The Hall–Kier alpha value is -2.63. The second-order valence-corrected chi connectivity index (χ2v) is 8.16. The number of nitrogens with zero attached hydrogens (tertiary/aromatic N) is 1. The van der Waals surface area contributed by atoms with E-state index in [4.69, 9.17) is 9.47 Å². The first-order valence-corrected chi connectivity index (χ1v) is 11.3. The molecule has 0 aliphatic heterocycles. The van der Waals surface area contributed by atoms with Crippen LogP contribution in [-0.4, -0.2) is 24.0 Å². The highest BCUT2D eigenvalue weighted by Gasteiger charge is 2.12. The predicted octanol–water partition coefficient (Wildman–Crippen LogP) is 6.23. The third-order valence-electron chi connectivity index (χ3n) is 4.97. The average Bonchev–Trinajstić information content (AvgIpc) is 2.79. The zero-order valence-electron chi connectivity index (χ0n) is 18.0. The Labute approximate surface area is 192 Å². The largest absolute Gasteiger partial charge is 0.489 e. The maximum atomic E-state index is 11.9. The molecule has 3 aromatic rings. The van der Waals surface area contributed by atoms with Gasteiger partial charge < -0.3 is 9.47 Å². The highest BCUT2D eigenvalue weighted by atomic mass is 79.9. The Bertz CT molecular complexity index is 974. The zero-order chi connectivity index (χ0) is 22.1. The fourth-order valence-corrected chi connectivity index (χ4v) is 3.70. The van der Waals surface area contributed by atoms with E-state index in [2.05, 4.69) is 46.0 Å². The summed E-state index contributed by atoms with van der Waals surface area (Å²) >= 11 is 3.59. The van der Waals surface area contributed by atoms with Crippen LogP contribution in [0.4, 0.5) is 0 Å². The first-order chi connectivity index (χ1) is 15.1. The molecule has 0 radical (unpaired) electrons. The number of carbonyl (C=O) groups excluding carboxylic acids is 1. The molecule has 0 aromatic heterocycles. The molecule has 0 aliphatic rings. The van der Waals surface area contributed by atoms with Crippen LogP contribution in [0.15, 0.2) is 77.3 Å². The van der Waals surface area contributed by atoms with Crippen LogP contribution in [0, 0.1) is 0 Å². The Balaban J connectivity index is 1.68. The monoisotopic (exact) mass is 481 g/mol. The third-order valence-corrected chi connectivity index (χ3v) is 5.47. The third kappa shape index (κ3) is 6.94. The van der Waals surface area contributed by atoms with E-state index in [0.717, 1.165) is 46.5 Å². The molecule has 0 fully saturated rings. The molecular formula is C26H28BrNO3. The molecule has 162 valence electrons. The molecule has 0 atom stereocenters. The summed E-state index contributed by atoms with van der Waals surface area (Å²) < 4.78 is 12.2. The molecule has 0 amide bonds. The Morgan fingerprint density at radius 3 is 2.32 bits per heavy atom. The summed E-state index contributed by atoms with van der Waals surface area (Å²) in [5.41, 5.74) is 4.01. The van der Waals surface area contributed by atoms with Crippen molar-refractivity contribution in [1.82, 2.24) is 4.90 Å². The van der Waals surface area contributed by atoms with E-state index in [9.17, 15) is 4.79 Å². The van der Waals surface area contributed by atoms with Gasteiger partial charge in [0.25, 0.3) is 0 Å². The van der Waals surface area contributed by atoms with Crippen LogP contribution in [0.1, 0.15) is 40.9 Å². The normalized spacial score (nSPS) is 10.8. The highest BCUT2D eigenvalue weighted by molar-refractivity contribution is 9.10. The van der Waals surface area contributed by atoms with Gasteiger partial charge in [-0.25, -0.2) is 4.79 Å². The van der Waals surface area contributed by atoms with Gasteiger partial charge >= 0.3 is 5.97 Å². The summed E-state index contributed by atoms with van der Waals surface area (Å²) in [7, 11) is 0. The Morgan fingerprint density at radius 2 is 1.65 bits per heavy atom. The standard InChI is InChI=1S/C26H28BrNO3/c1-3-28(17-20-10-12-22(13-11-20)26(29)30-4-2)18-23-16-24(27)14-15-25(23)31-19-21-8-6-5-7-9-21/h5-16H,3-4,17-19H2,1-2H3. The lowest BCUT2D eigenvalue weighted by Gasteiger charge is -2.22. The first kappa shape index (κ1) is 23.0. The molecule has 0 N–H and O–H groups in total. The van der Waals surface area contributed by atoms with Gasteiger partial charge in [0.2, 0.25) is 0 Å². The van der Waals surface area contributed by atoms with Crippen molar-refractivity contribution in [2.45, 2.75) is 33.5 Å². The van der Waals surface area contributed by atoms with E-state index in [1.165, 1.54) is 0 Å². The van der Waals surface area contributed by atoms with Crippen molar-refractivity contribution in [2.75, 3.05) is 13.2 Å². The van der Waals surface area contributed by atoms with Gasteiger partial charge in [-0.2, -0.15) is 0 Å². The molecule has 0 aliphatic carbocycles. The van der Waals surface area contributed by atoms with Crippen LogP contribution < -0.4 is 4.74 Å². The Kier molecular flexibility index (Phi) is 8.68. The van der Waals surface area contributed by atoms with Crippen molar-refractivity contribution in [2.24, 2.45) is 0 Å². The fourth-order valence-electron chi connectivity index (χ4n) is 3.29. The predicted molar refractivity (Wildman–Crippen MR) is 127 cm³/mol. The molecule has 0 saturated carbocycles. The van der Waals surface area contributed by atoms with Gasteiger partial charge in [0.1, 0.15) is 12.4 Å². The average molecular weight is 482 g/mol. The molecule has 0 saturated heterocycles. The van der Waals surface area contributed by atoms with E-state index in [1.54, 1.807) is 0 Å². The van der Waals surface area contributed by atoms with Crippen molar-refractivity contribution in [1.29, 1.82) is 0 Å². The minimum Gasteiger partial charge on any atom is -0.489 e. The molecule has 0 spiro atoms. The van der Waals surface area contributed by atoms with Gasteiger partial charge in [0.05, 0.1) is 12.2 Å². The summed E-state index contributed by atoms with van der Waals surface area (Å²) in [5, 5.41) is 0. The fraction of sp³-hybridized carbons (Fsp3) is 0.269. The van der Waals surface area contributed by atoms with Gasteiger partial charge in [0.15, 0.2) is 0 Å². The van der Waals surface area contributed by atoms with Gasteiger partial charge in [-0.1, -0.05) is 65.3 Å². The number of esters is 1.